The van der Waals surface area contributed by atoms with Crippen LogP contribution in [0.5, 0.6) is 0 Å². The number of rotatable bonds is 2. The van der Waals surface area contributed by atoms with Crippen LogP contribution < -0.4 is 4.90 Å². The van der Waals surface area contributed by atoms with Gasteiger partial charge in [0.05, 0.1) is 5.75 Å². The van der Waals surface area contributed by atoms with Crippen molar-refractivity contribution in [3.8, 4) is 0 Å². The van der Waals surface area contributed by atoms with Gasteiger partial charge in [-0.2, -0.15) is 12.6 Å². The van der Waals surface area contributed by atoms with Crippen LogP contribution in [0.1, 0.15) is 26.3 Å². The van der Waals surface area contributed by atoms with Crippen LogP contribution in [-0.2, 0) is 10.2 Å². The molecule has 0 saturated carbocycles. The van der Waals surface area contributed by atoms with Crippen molar-refractivity contribution in [2.75, 3.05) is 17.7 Å². The van der Waals surface area contributed by atoms with E-state index in [0.29, 0.717) is 0 Å². The van der Waals surface area contributed by atoms with Gasteiger partial charge in [-0.15, -0.1) is 0 Å². The standard InChI is InChI=1S/C13H19NOS/c1-13(2,3)10-5-7-11(8-6-10)14(4)12(15)9-16/h5-8,16H,9H2,1-4H3. The number of hydrogen-bond donors (Lipinski definition) is 1. The molecule has 2 nitrogen and oxygen atoms in total. The van der Waals surface area contributed by atoms with Gasteiger partial charge in [0, 0.05) is 12.7 Å². The average molecular weight is 237 g/mol. The molecule has 0 atom stereocenters. The first-order valence-electron chi connectivity index (χ1n) is 5.34. The number of nitrogens with zero attached hydrogens (tertiary/aromatic N) is 1. The lowest BCUT2D eigenvalue weighted by molar-refractivity contribution is -0.115. The Morgan fingerprint density at radius 2 is 1.75 bits per heavy atom. The fourth-order valence-electron chi connectivity index (χ4n) is 1.44. The minimum Gasteiger partial charge on any atom is -0.315 e. The van der Waals surface area contributed by atoms with E-state index < -0.39 is 0 Å². The number of carbonyl (C=O) groups excluding carboxylic acids is 1. The lowest BCUT2D eigenvalue weighted by Crippen LogP contribution is -2.27. The van der Waals surface area contributed by atoms with Crippen molar-refractivity contribution in [2.24, 2.45) is 0 Å². The monoisotopic (exact) mass is 237 g/mol. The highest BCUT2D eigenvalue weighted by atomic mass is 32.1. The summed E-state index contributed by atoms with van der Waals surface area (Å²) in [5.74, 6) is 0.240. The molecule has 0 bridgehead atoms. The van der Waals surface area contributed by atoms with E-state index in [9.17, 15) is 4.79 Å². The fourth-order valence-corrected chi connectivity index (χ4v) is 1.65. The van der Waals surface area contributed by atoms with Crippen LogP contribution in [0, 0.1) is 0 Å². The molecule has 0 aromatic heterocycles. The van der Waals surface area contributed by atoms with E-state index in [1.54, 1.807) is 11.9 Å². The molecule has 3 heteroatoms. The minimum atomic E-state index is 0.00634. The summed E-state index contributed by atoms with van der Waals surface area (Å²) in [6.45, 7) is 6.51. The summed E-state index contributed by atoms with van der Waals surface area (Å²) >= 11 is 3.98. The highest BCUT2D eigenvalue weighted by Gasteiger charge is 2.14. The van der Waals surface area contributed by atoms with Gasteiger partial charge in [0.25, 0.3) is 0 Å². The van der Waals surface area contributed by atoms with Crippen molar-refractivity contribution in [3.63, 3.8) is 0 Å². The van der Waals surface area contributed by atoms with Crippen LogP contribution in [-0.4, -0.2) is 18.7 Å². The van der Waals surface area contributed by atoms with Gasteiger partial charge in [-0.25, -0.2) is 0 Å². The van der Waals surface area contributed by atoms with Gasteiger partial charge in [-0.3, -0.25) is 4.79 Å². The number of thiol groups is 1. The predicted octanol–water partition coefficient (Wildman–Crippen LogP) is 2.88. The second kappa shape index (κ2) is 4.91. The van der Waals surface area contributed by atoms with Crippen LogP contribution in [0.15, 0.2) is 24.3 Å². The third-order valence-electron chi connectivity index (χ3n) is 2.63. The maximum absolute atomic E-state index is 11.4. The van der Waals surface area contributed by atoms with Gasteiger partial charge < -0.3 is 4.90 Å². The van der Waals surface area contributed by atoms with E-state index in [1.165, 1.54) is 5.56 Å². The van der Waals surface area contributed by atoms with Gasteiger partial charge in [0.2, 0.25) is 5.91 Å². The number of anilines is 1. The molecular weight excluding hydrogens is 218 g/mol. The molecule has 0 heterocycles. The first-order chi connectivity index (χ1) is 7.36. The maximum atomic E-state index is 11.4. The highest BCUT2D eigenvalue weighted by Crippen LogP contribution is 2.24. The van der Waals surface area contributed by atoms with E-state index in [2.05, 4.69) is 45.5 Å². The van der Waals surface area contributed by atoms with Crippen molar-refractivity contribution in [3.05, 3.63) is 29.8 Å². The Labute approximate surface area is 103 Å². The molecule has 1 rings (SSSR count). The van der Waals surface area contributed by atoms with Crippen LogP contribution in [0.2, 0.25) is 0 Å². The second-order valence-electron chi connectivity index (χ2n) is 4.91. The third kappa shape index (κ3) is 3.01. The Hall–Kier alpha value is -0.960. The quantitative estimate of drug-likeness (QED) is 0.784. The number of carbonyl (C=O) groups is 1. The largest absolute Gasteiger partial charge is 0.315 e. The molecule has 0 radical (unpaired) electrons. The molecule has 0 N–H and O–H groups in total. The molecule has 1 amide bonds. The molecule has 1 aromatic rings. The molecule has 1 aromatic carbocycles. The summed E-state index contributed by atoms with van der Waals surface area (Å²) in [7, 11) is 1.77. The minimum absolute atomic E-state index is 0.00634. The molecule has 0 aliphatic rings. The number of benzene rings is 1. The first-order valence-corrected chi connectivity index (χ1v) is 5.97. The van der Waals surface area contributed by atoms with Crippen molar-refractivity contribution in [1.82, 2.24) is 0 Å². The van der Waals surface area contributed by atoms with Crippen LogP contribution in [0.4, 0.5) is 5.69 Å². The number of hydrogen-bond acceptors (Lipinski definition) is 2. The smallest absolute Gasteiger partial charge is 0.236 e. The Morgan fingerprint density at radius 3 is 2.12 bits per heavy atom. The van der Waals surface area contributed by atoms with E-state index in [-0.39, 0.29) is 17.1 Å². The topological polar surface area (TPSA) is 20.3 Å². The molecule has 0 aliphatic carbocycles. The Kier molecular flexibility index (Phi) is 4.03. The van der Waals surface area contributed by atoms with E-state index in [0.717, 1.165) is 5.69 Å². The lowest BCUT2D eigenvalue weighted by atomic mass is 9.87. The van der Waals surface area contributed by atoms with Crippen molar-refractivity contribution >= 4 is 24.2 Å². The van der Waals surface area contributed by atoms with Crippen LogP contribution in [0.25, 0.3) is 0 Å². The molecule has 16 heavy (non-hydrogen) atoms. The zero-order valence-electron chi connectivity index (χ0n) is 10.3. The summed E-state index contributed by atoms with van der Waals surface area (Å²) in [5, 5.41) is 0. The SMILES string of the molecule is CN(C(=O)CS)c1ccc(C(C)(C)C)cc1. The summed E-state index contributed by atoms with van der Waals surface area (Å²) < 4.78 is 0. The van der Waals surface area contributed by atoms with Gasteiger partial charge in [0.15, 0.2) is 0 Å². The zero-order valence-corrected chi connectivity index (χ0v) is 11.2. The predicted molar refractivity (Wildman–Crippen MR) is 72.4 cm³/mol. The molecule has 0 saturated heterocycles. The normalized spacial score (nSPS) is 11.3. The van der Waals surface area contributed by atoms with Gasteiger partial charge in [-0.05, 0) is 23.1 Å². The Bertz CT molecular complexity index is 365. The summed E-state index contributed by atoms with van der Waals surface area (Å²) in [6.07, 6.45) is 0. The van der Waals surface area contributed by atoms with Gasteiger partial charge in [0.1, 0.15) is 0 Å². The Balaban J connectivity index is 2.91. The van der Waals surface area contributed by atoms with Gasteiger partial charge in [-0.1, -0.05) is 32.9 Å². The zero-order chi connectivity index (χ0) is 12.3. The van der Waals surface area contributed by atoms with E-state index in [4.69, 9.17) is 0 Å². The third-order valence-corrected chi connectivity index (χ3v) is 2.90. The molecule has 0 unspecified atom stereocenters. The van der Waals surface area contributed by atoms with Crippen molar-refractivity contribution in [2.45, 2.75) is 26.2 Å². The fraction of sp³-hybridized carbons (Fsp3) is 0.462. The Morgan fingerprint density at radius 1 is 1.25 bits per heavy atom. The highest BCUT2D eigenvalue weighted by molar-refractivity contribution is 7.81. The first kappa shape index (κ1) is 13.1. The summed E-state index contributed by atoms with van der Waals surface area (Å²) in [6, 6.07) is 8.08. The van der Waals surface area contributed by atoms with E-state index in [1.807, 2.05) is 12.1 Å². The van der Waals surface area contributed by atoms with Crippen LogP contribution >= 0.6 is 12.6 Å². The van der Waals surface area contributed by atoms with Crippen LogP contribution in [0.3, 0.4) is 0 Å². The molecule has 0 spiro atoms. The maximum Gasteiger partial charge on any atom is 0.236 e. The molecular formula is C13H19NOS. The summed E-state index contributed by atoms with van der Waals surface area (Å²) in [5.41, 5.74) is 2.32. The average Bonchev–Trinajstić information content (AvgIpc) is 2.26. The second-order valence-corrected chi connectivity index (χ2v) is 5.22. The lowest BCUT2D eigenvalue weighted by Gasteiger charge is -2.21. The van der Waals surface area contributed by atoms with Crippen molar-refractivity contribution in [1.29, 1.82) is 0 Å². The number of amides is 1. The summed E-state index contributed by atoms with van der Waals surface area (Å²) in [4.78, 5) is 13.1. The molecule has 0 aliphatic heterocycles. The molecule has 88 valence electrons. The van der Waals surface area contributed by atoms with E-state index >= 15 is 0 Å². The van der Waals surface area contributed by atoms with Crippen molar-refractivity contribution < 1.29 is 4.79 Å². The van der Waals surface area contributed by atoms with Gasteiger partial charge >= 0.3 is 0 Å². The molecule has 0 fully saturated rings.